The van der Waals surface area contributed by atoms with Crippen molar-refractivity contribution in [3.63, 3.8) is 0 Å². The van der Waals surface area contributed by atoms with Gasteiger partial charge in [-0.2, -0.15) is 12.1 Å². The molecule has 0 unspecified atom stereocenters. The molecular formula is C13H16FeO-6. The average molecular weight is 244 g/mol. The first-order chi connectivity index (χ1) is 6.84. The van der Waals surface area contributed by atoms with Gasteiger partial charge >= 0.3 is 0 Å². The summed E-state index contributed by atoms with van der Waals surface area (Å²) < 4.78 is 0. The van der Waals surface area contributed by atoms with Gasteiger partial charge in [0.1, 0.15) is 0 Å². The number of hydrogen-bond donors (Lipinski definition) is 1. The van der Waals surface area contributed by atoms with Crippen molar-refractivity contribution in [3.05, 3.63) is 60.2 Å². The van der Waals surface area contributed by atoms with Gasteiger partial charge in [-0.15, -0.1) is 5.56 Å². The molecule has 0 saturated carbocycles. The summed E-state index contributed by atoms with van der Waals surface area (Å²) in [5.74, 6) is 0. The molecule has 0 radical (unpaired) electrons. The summed E-state index contributed by atoms with van der Waals surface area (Å²) in [5.41, 5.74) is 1.03. The van der Waals surface area contributed by atoms with Crippen LogP contribution < -0.4 is 0 Å². The standard InChI is InChI=1S/C8H11O.C5H5.Fe/c1-2-8(9)7-5-3-4-6-7;1-2-4-5-3-1;/h3-6,8-9H,2H2,1H3;1-5H;/q-1;-5;/t8-;;/m1../s1. The molecule has 0 aliphatic carbocycles. The normalized spacial score (nSPS) is 10.8. The van der Waals surface area contributed by atoms with Crippen LogP contribution in [0.5, 0.6) is 0 Å². The molecule has 88 valence electrons. The van der Waals surface area contributed by atoms with Gasteiger partial charge in [0.05, 0.1) is 0 Å². The molecule has 15 heavy (non-hydrogen) atoms. The van der Waals surface area contributed by atoms with Crippen molar-refractivity contribution in [2.45, 2.75) is 19.4 Å². The van der Waals surface area contributed by atoms with Crippen molar-refractivity contribution >= 4 is 0 Å². The van der Waals surface area contributed by atoms with E-state index in [1.807, 2.05) is 61.5 Å². The van der Waals surface area contributed by atoms with E-state index in [0.29, 0.717) is 0 Å². The fourth-order valence-corrected chi connectivity index (χ4v) is 1.17. The minimum absolute atomic E-state index is 0. The van der Waals surface area contributed by atoms with Crippen LogP contribution in [-0.4, -0.2) is 5.11 Å². The second-order valence-corrected chi connectivity index (χ2v) is 3.10. The number of rotatable bonds is 2. The Morgan fingerprint density at radius 3 is 1.80 bits per heavy atom. The predicted molar refractivity (Wildman–Crippen MR) is 59.3 cm³/mol. The molecule has 0 fully saturated rings. The average Bonchev–Trinajstić information content (AvgIpc) is 2.91. The van der Waals surface area contributed by atoms with Crippen LogP contribution in [-0.2, 0) is 17.1 Å². The van der Waals surface area contributed by atoms with Gasteiger partial charge in [-0.1, -0.05) is 6.92 Å². The first-order valence-corrected chi connectivity index (χ1v) is 4.91. The molecule has 0 spiro atoms. The summed E-state index contributed by atoms with van der Waals surface area (Å²) in [4.78, 5) is 0. The van der Waals surface area contributed by atoms with Crippen LogP contribution in [0.15, 0.2) is 54.6 Å². The second-order valence-electron chi connectivity index (χ2n) is 3.10. The van der Waals surface area contributed by atoms with E-state index in [1.54, 1.807) is 0 Å². The molecule has 0 aliphatic heterocycles. The quantitative estimate of drug-likeness (QED) is 0.635. The molecule has 0 aromatic heterocycles. The summed E-state index contributed by atoms with van der Waals surface area (Å²) in [7, 11) is 0. The van der Waals surface area contributed by atoms with E-state index < -0.39 is 0 Å². The SMILES string of the molecule is CC[C@@H](O)[c-]1cccc1.[Fe].[cH-]1[cH-][cH-][cH-][cH-]1. The molecule has 0 bridgehead atoms. The molecule has 0 amide bonds. The smallest absolute Gasteiger partial charge is 0.0348 e. The molecule has 1 nitrogen and oxygen atoms in total. The molecule has 0 saturated heterocycles. The van der Waals surface area contributed by atoms with Crippen LogP contribution >= 0.6 is 0 Å². The van der Waals surface area contributed by atoms with Gasteiger partial charge in [0.2, 0.25) is 0 Å². The fourth-order valence-electron chi connectivity index (χ4n) is 1.17. The van der Waals surface area contributed by atoms with E-state index in [4.69, 9.17) is 0 Å². The van der Waals surface area contributed by atoms with Gasteiger partial charge in [0.25, 0.3) is 0 Å². The molecule has 2 aromatic rings. The van der Waals surface area contributed by atoms with Gasteiger partial charge < -0.3 is 35.4 Å². The third-order valence-electron chi connectivity index (χ3n) is 2.02. The van der Waals surface area contributed by atoms with Crippen LogP contribution in [0.1, 0.15) is 25.0 Å². The molecule has 0 aliphatic rings. The van der Waals surface area contributed by atoms with Crippen LogP contribution in [0, 0.1) is 0 Å². The zero-order valence-electron chi connectivity index (χ0n) is 8.78. The van der Waals surface area contributed by atoms with Crippen LogP contribution in [0.4, 0.5) is 0 Å². The number of hydrogen-bond acceptors (Lipinski definition) is 1. The van der Waals surface area contributed by atoms with Crippen molar-refractivity contribution in [1.29, 1.82) is 0 Å². The third kappa shape index (κ3) is 5.58. The zero-order chi connectivity index (χ0) is 10.2. The monoisotopic (exact) mass is 244 g/mol. The molecule has 1 atom stereocenters. The van der Waals surface area contributed by atoms with Gasteiger partial charge in [-0.3, -0.25) is 0 Å². The van der Waals surface area contributed by atoms with E-state index in [1.165, 1.54) is 0 Å². The molecule has 2 heteroatoms. The maximum Gasteiger partial charge on any atom is 0.0348 e. The Morgan fingerprint density at radius 1 is 1.07 bits per heavy atom. The summed E-state index contributed by atoms with van der Waals surface area (Å²) in [5, 5.41) is 9.22. The minimum atomic E-state index is -0.264. The van der Waals surface area contributed by atoms with E-state index in [0.717, 1.165) is 12.0 Å². The van der Waals surface area contributed by atoms with Gasteiger partial charge in [0, 0.05) is 23.2 Å². The van der Waals surface area contributed by atoms with Crippen LogP contribution in [0.3, 0.4) is 0 Å². The topological polar surface area (TPSA) is 20.2 Å². The van der Waals surface area contributed by atoms with E-state index in [2.05, 4.69) is 0 Å². The maximum absolute atomic E-state index is 9.22. The first kappa shape index (κ1) is 14.2. The van der Waals surface area contributed by atoms with Gasteiger partial charge in [-0.05, 0) is 6.42 Å². The number of aliphatic hydroxyl groups is 1. The Morgan fingerprint density at radius 2 is 1.47 bits per heavy atom. The van der Waals surface area contributed by atoms with Crippen molar-refractivity contribution < 1.29 is 22.2 Å². The zero-order valence-corrected chi connectivity index (χ0v) is 9.89. The van der Waals surface area contributed by atoms with E-state index in [9.17, 15) is 5.11 Å². The molecule has 1 N–H and O–H groups in total. The maximum atomic E-state index is 9.22. The van der Waals surface area contributed by atoms with E-state index in [-0.39, 0.29) is 23.2 Å². The Balaban J connectivity index is 0.000000280. The largest absolute Gasteiger partial charge is 0.748 e. The Labute approximate surface area is 102 Å². The Bertz CT molecular complexity index is 280. The third-order valence-corrected chi connectivity index (χ3v) is 2.02. The minimum Gasteiger partial charge on any atom is -0.748 e. The van der Waals surface area contributed by atoms with E-state index >= 15 is 0 Å². The fraction of sp³-hybridized carbons (Fsp3) is 0.231. The predicted octanol–water partition coefficient (Wildman–Crippen LogP) is 3.25. The van der Waals surface area contributed by atoms with Gasteiger partial charge in [0.15, 0.2) is 0 Å². The summed E-state index contributed by atoms with van der Waals surface area (Å²) in [6.07, 6.45) is 0.532. The molecule has 0 heterocycles. The van der Waals surface area contributed by atoms with Crippen molar-refractivity contribution in [2.75, 3.05) is 0 Å². The summed E-state index contributed by atoms with van der Waals surface area (Å²) in [6.45, 7) is 1.97. The first-order valence-electron chi connectivity index (χ1n) is 4.91. The molecule has 2 aromatic carbocycles. The Kier molecular flexibility index (Phi) is 8.02. The van der Waals surface area contributed by atoms with Crippen molar-refractivity contribution in [3.8, 4) is 0 Å². The van der Waals surface area contributed by atoms with Crippen LogP contribution in [0.25, 0.3) is 0 Å². The molecular weight excluding hydrogens is 228 g/mol. The van der Waals surface area contributed by atoms with Crippen molar-refractivity contribution in [2.24, 2.45) is 0 Å². The van der Waals surface area contributed by atoms with Crippen molar-refractivity contribution in [1.82, 2.24) is 0 Å². The summed E-state index contributed by atoms with van der Waals surface area (Å²) >= 11 is 0. The summed E-state index contributed by atoms with van der Waals surface area (Å²) in [6, 6.07) is 17.8. The number of aliphatic hydroxyl groups excluding tert-OH is 1. The van der Waals surface area contributed by atoms with Gasteiger partial charge in [-0.25, -0.2) is 12.1 Å². The van der Waals surface area contributed by atoms with Crippen LogP contribution in [0.2, 0.25) is 0 Å². The second kappa shape index (κ2) is 8.48. The Hall–Kier alpha value is -0.821. The molecule has 2 rings (SSSR count).